The van der Waals surface area contributed by atoms with Gasteiger partial charge in [-0.2, -0.15) is 0 Å². The van der Waals surface area contributed by atoms with E-state index in [1.165, 1.54) is 35.5 Å². The van der Waals surface area contributed by atoms with E-state index in [0.717, 1.165) is 19.3 Å². The average Bonchev–Trinajstić information content (AvgIpc) is 2.82. The molecule has 1 atom stereocenters. The second-order valence-electron chi connectivity index (χ2n) is 5.04. The second-order valence-corrected chi connectivity index (χ2v) is 6.20. The summed E-state index contributed by atoms with van der Waals surface area (Å²) in [4.78, 5) is 13.0. The van der Waals surface area contributed by atoms with Crippen LogP contribution in [0.2, 0.25) is 0 Å². The monoisotopic (exact) mass is 262 g/mol. The molecule has 1 fully saturated rings. The first kappa shape index (κ1) is 13.7. The van der Waals surface area contributed by atoms with Gasteiger partial charge in [0.1, 0.15) is 5.78 Å². The van der Waals surface area contributed by atoms with Gasteiger partial charge in [0.2, 0.25) is 0 Å². The molecule has 2 rings (SSSR count). The number of carbonyl (C=O) groups excluding carboxylic acids is 1. The molecule has 0 unspecified atom stereocenters. The largest absolute Gasteiger partial charge is 0.299 e. The third-order valence-electron chi connectivity index (χ3n) is 3.60. The lowest BCUT2D eigenvalue weighted by molar-refractivity contribution is -0.118. The zero-order valence-electron chi connectivity index (χ0n) is 11.2. The number of hydrogen-bond acceptors (Lipinski definition) is 2. The molecule has 0 N–H and O–H groups in total. The Balaban J connectivity index is 1.87. The SMILES string of the molecule is CCCCCSc1ccc([C@@H]2CCCC2=O)cc1. The van der Waals surface area contributed by atoms with E-state index in [1.54, 1.807) is 0 Å². The van der Waals surface area contributed by atoms with Crippen molar-refractivity contribution in [2.24, 2.45) is 0 Å². The van der Waals surface area contributed by atoms with Crippen molar-refractivity contribution in [3.63, 3.8) is 0 Å². The van der Waals surface area contributed by atoms with Crippen molar-refractivity contribution >= 4 is 17.5 Å². The summed E-state index contributed by atoms with van der Waals surface area (Å²) < 4.78 is 0. The van der Waals surface area contributed by atoms with Gasteiger partial charge in [-0.05, 0) is 42.7 Å². The molecule has 0 heterocycles. The number of benzene rings is 1. The second kappa shape index (κ2) is 6.98. The molecule has 0 spiro atoms. The Labute approximate surface area is 114 Å². The van der Waals surface area contributed by atoms with Gasteiger partial charge >= 0.3 is 0 Å². The summed E-state index contributed by atoms with van der Waals surface area (Å²) in [5.41, 5.74) is 1.22. The van der Waals surface area contributed by atoms with Gasteiger partial charge in [0, 0.05) is 17.2 Å². The molecule has 1 aromatic carbocycles. The molecular formula is C16H22OS. The van der Waals surface area contributed by atoms with Crippen LogP contribution in [0.15, 0.2) is 29.2 Å². The van der Waals surface area contributed by atoms with Gasteiger partial charge in [-0.1, -0.05) is 31.9 Å². The fraction of sp³-hybridized carbons (Fsp3) is 0.562. The van der Waals surface area contributed by atoms with E-state index >= 15 is 0 Å². The van der Waals surface area contributed by atoms with Crippen LogP contribution in [-0.2, 0) is 4.79 Å². The summed E-state index contributed by atoms with van der Waals surface area (Å²) in [6.45, 7) is 2.23. The van der Waals surface area contributed by atoms with E-state index in [-0.39, 0.29) is 5.92 Å². The maximum absolute atomic E-state index is 11.7. The fourth-order valence-corrected chi connectivity index (χ4v) is 3.42. The topological polar surface area (TPSA) is 17.1 Å². The minimum atomic E-state index is 0.184. The lowest BCUT2D eigenvalue weighted by Gasteiger charge is -2.09. The fourth-order valence-electron chi connectivity index (χ4n) is 2.51. The number of rotatable bonds is 6. The van der Waals surface area contributed by atoms with Gasteiger partial charge < -0.3 is 0 Å². The van der Waals surface area contributed by atoms with Crippen LogP contribution < -0.4 is 0 Å². The van der Waals surface area contributed by atoms with Gasteiger partial charge in [0.15, 0.2) is 0 Å². The molecule has 0 radical (unpaired) electrons. The van der Waals surface area contributed by atoms with Crippen molar-refractivity contribution in [1.82, 2.24) is 0 Å². The van der Waals surface area contributed by atoms with Crippen LogP contribution in [0.5, 0.6) is 0 Å². The zero-order chi connectivity index (χ0) is 12.8. The van der Waals surface area contributed by atoms with Crippen LogP contribution in [0.3, 0.4) is 0 Å². The Kier molecular flexibility index (Phi) is 5.30. The molecule has 1 saturated carbocycles. The molecular weight excluding hydrogens is 240 g/mol. The Hall–Kier alpha value is -0.760. The normalized spacial score (nSPS) is 19.4. The van der Waals surface area contributed by atoms with E-state index in [1.807, 2.05) is 11.8 Å². The minimum Gasteiger partial charge on any atom is -0.299 e. The number of Topliss-reactive ketones (excluding diaryl/α,β-unsaturated/α-hetero) is 1. The van der Waals surface area contributed by atoms with Gasteiger partial charge in [-0.15, -0.1) is 11.8 Å². The van der Waals surface area contributed by atoms with E-state index in [4.69, 9.17) is 0 Å². The van der Waals surface area contributed by atoms with Crippen molar-refractivity contribution in [2.45, 2.75) is 56.3 Å². The minimum absolute atomic E-state index is 0.184. The van der Waals surface area contributed by atoms with E-state index in [2.05, 4.69) is 31.2 Å². The Morgan fingerprint density at radius 2 is 2.00 bits per heavy atom. The molecule has 18 heavy (non-hydrogen) atoms. The van der Waals surface area contributed by atoms with Gasteiger partial charge in [-0.3, -0.25) is 4.79 Å². The summed E-state index contributed by atoms with van der Waals surface area (Å²) in [7, 11) is 0. The molecule has 1 nitrogen and oxygen atoms in total. The molecule has 1 aliphatic rings. The molecule has 2 heteroatoms. The molecule has 1 aromatic rings. The third-order valence-corrected chi connectivity index (χ3v) is 4.70. The standard InChI is InChI=1S/C16H22OS/c1-2-3-4-12-18-14-10-8-13(9-11-14)15-6-5-7-16(15)17/h8-11,15H,2-7,12H2,1H3/t15-/m0/s1. The summed E-state index contributed by atoms with van der Waals surface area (Å²) in [6, 6.07) is 8.65. The number of ketones is 1. The lowest BCUT2D eigenvalue weighted by atomic mass is 9.97. The maximum atomic E-state index is 11.7. The predicted molar refractivity (Wildman–Crippen MR) is 78.3 cm³/mol. The van der Waals surface area contributed by atoms with Crippen LogP contribution >= 0.6 is 11.8 Å². The molecule has 0 aromatic heterocycles. The molecule has 1 aliphatic carbocycles. The van der Waals surface area contributed by atoms with Crippen LogP contribution in [-0.4, -0.2) is 11.5 Å². The van der Waals surface area contributed by atoms with Crippen molar-refractivity contribution in [2.75, 3.05) is 5.75 Å². The lowest BCUT2D eigenvalue weighted by Crippen LogP contribution is -2.03. The number of unbranched alkanes of at least 4 members (excludes halogenated alkanes) is 2. The highest BCUT2D eigenvalue weighted by Crippen LogP contribution is 2.32. The molecule has 0 bridgehead atoms. The predicted octanol–water partition coefficient (Wildman–Crippen LogP) is 4.81. The first-order valence-corrected chi connectivity index (χ1v) is 8.05. The highest BCUT2D eigenvalue weighted by atomic mass is 32.2. The summed E-state index contributed by atoms with van der Waals surface area (Å²) in [5.74, 6) is 1.82. The van der Waals surface area contributed by atoms with Crippen LogP contribution in [0, 0.1) is 0 Å². The molecule has 0 aliphatic heterocycles. The van der Waals surface area contributed by atoms with Crippen molar-refractivity contribution in [1.29, 1.82) is 0 Å². The zero-order valence-corrected chi connectivity index (χ0v) is 12.0. The Morgan fingerprint density at radius 3 is 2.61 bits per heavy atom. The smallest absolute Gasteiger partial charge is 0.140 e. The van der Waals surface area contributed by atoms with Gasteiger partial charge in [0.05, 0.1) is 0 Å². The van der Waals surface area contributed by atoms with Crippen molar-refractivity contribution in [3.05, 3.63) is 29.8 Å². The van der Waals surface area contributed by atoms with Crippen LogP contribution in [0.1, 0.15) is 56.9 Å². The highest BCUT2D eigenvalue weighted by Gasteiger charge is 2.25. The van der Waals surface area contributed by atoms with Gasteiger partial charge in [-0.25, -0.2) is 0 Å². The average molecular weight is 262 g/mol. The van der Waals surface area contributed by atoms with E-state index < -0.39 is 0 Å². The highest BCUT2D eigenvalue weighted by molar-refractivity contribution is 7.99. The van der Waals surface area contributed by atoms with Crippen LogP contribution in [0.4, 0.5) is 0 Å². The van der Waals surface area contributed by atoms with Crippen LogP contribution in [0.25, 0.3) is 0 Å². The quantitative estimate of drug-likeness (QED) is 0.541. The number of hydrogen-bond donors (Lipinski definition) is 0. The first-order valence-electron chi connectivity index (χ1n) is 7.06. The summed E-state index contributed by atoms with van der Waals surface area (Å²) >= 11 is 1.93. The Morgan fingerprint density at radius 1 is 1.22 bits per heavy atom. The summed E-state index contributed by atoms with van der Waals surface area (Å²) in [5, 5.41) is 0. The first-order chi connectivity index (χ1) is 8.81. The van der Waals surface area contributed by atoms with E-state index in [9.17, 15) is 4.79 Å². The molecule has 0 amide bonds. The summed E-state index contributed by atoms with van der Waals surface area (Å²) in [6.07, 6.45) is 6.78. The third kappa shape index (κ3) is 3.61. The van der Waals surface area contributed by atoms with E-state index in [0.29, 0.717) is 5.78 Å². The van der Waals surface area contributed by atoms with Crippen molar-refractivity contribution < 1.29 is 4.79 Å². The molecule has 98 valence electrons. The maximum Gasteiger partial charge on any atom is 0.140 e. The molecule has 0 saturated heterocycles. The number of thioether (sulfide) groups is 1. The van der Waals surface area contributed by atoms with Gasteiger partial charge in [0.25, 0.3) is 0 Å². The van der Waals surface area contributed by atoms with Crippen molar-refractivity contribution in [3.8, 4) is 0 Å². The Bertz CT molecular complexity index is 383. The number of carbonyl (C=O) groups is 1.